The highest BCUT2D eigenvalue weighted by atomic mass is 16.4. The Morgan fingerprint density at radius 2 is 1.39 bits per heavy atom. The van der Waals surface area contributed by atoms with E-state index in [9.17, 15) is 29.1 Å². The van der Waals surface area contributed by atoms with Gasteiger partial charge in [0, 0.05) is 19.4 Å². The summed E-state index contributed by atoms with van der Waals surface area (Å²) in [7, 11) is 0. The number of carboxylic acid groups (broad SMARTS) is 2. The molecule has 4 atom stereocenters. The van der Waals surface area contributed by atoms with Crippen LogP contribution in [0.2, 0.25) is 0 Å². The molecule has 0 saturated carbocycles. The molecule has 0 radical (unpaired) electrons. The van der Waals surface area contributed by atoms with Crippen LogP contribution in [0.5, 0.6) is 0 Å². The minimum absolute atomic E-state index is 0.0216. The Bertz CT molecular complexity index is 1030. The number of carboxylic acids is 2. The number of aliphatic carboxylic acids is 2. The fourth-order valence-corrected chi connectivity index (χ4v) is 3.82. The maximum Gasteiger partial charge on any atom is 0.326 e. The van der Waals surface area contributed by atoms with Gasteiger partial charge < -0.3 is 49.1 Å². The van der Waals surface area contributed by atoms with Gasteiger partial charge in [-0.15, -0.1) is 0 Å². The lowest BCUT2D eigenvalue weighted by molar-refractivity contribution is -0.143. The van der Waals surface area contributed by atoms with E-state index in [1.807, 2.05) is 0 Å². The van der Waals surface area contributed by atoms with Gasteiger partial charge in [-0.2, -0.15) is 0 Å². The molecule has 0 spiro atoms. The number of hydrogen-bond donors (Lipinski definition) is 9. The third-order valence-electron chi connectivity index (χ3n) is 6.06. The summed E-state index contributed by atoms with van der Waals surface area (Å²) in [6.07, 6.45) is 1.12. The number of guanidine groups is 1. The summed E-state index contributed by atoms with van der Waals surface area (Å²) in [5, 5.41) is 26.1. The highest BCUT2D eigenvalue weighted by molar-refractivity contribution is 5.94. The zero-order valence-corrected chi connectivity index (χ0v) is 23.0. The quantitative estimate of drug-likeness (QED) is 0.0470. The smallest absolute Gasteiger partial charge is 0.326 e. The van der Waals surface area contributed by atoms with Crippen LogP contribution in [0.25, 0.3) is 0 Å². The molecule has 4 unspecified atom stereocenters. The van der Waals surface area contributed by atoms with E-state index < -0.39 is 60.2 Å². The van der Waals surface area contributed by atoms with Gasteiger partial charge in [-0.3, -0.25) is 24.2 Å². The number of rotatable bonds is 20. The number of nitrogens with zero attached hydrogens (tertiary/aromatic N) is 1. The molecule has 3 amide bonds. The van der Waals surface area contributed by atoms with Crippen LogP contribution in [0.15, 0.2) is 35.3 Å². The first-order valence-electron chi connectivity index (χ1n) is 13.3. The van der Waals surface area contributed by atoms with Crippen molar-refractivity contribution in [2.24, 2.45) is 27.9 Å². The molecule has 1 rings (SSSR count). The van der Waals surface area contributed by atoms with Crippen molar-refractivity contribution in [2.75, 3.05) is 13.1 Å². The second-order valence-corrected chi connectivity index (χ2v) is 9.48. The lowest BCUT2D eigenvalue weighted by Crippen LogP contribution is -2.57. The molecule has 15 heteroatoms. The van der Waals surface area contributed by atoms with E-state index in [2.05, 4.69) is 20.9 Å². The summed E-state index contributed by atoms with van der Waals surface area (Å²) in [5.74, 6) is -4.94. The van der Waals surface area contributed by atoms with Crippen LogP contribution in [-0.2, 0) is 30.4 Å². The molecule has 0 aromatic heterocycles. The molecule has 0 bridgehead atoms. The van der Waals surface area contributed by atoms with Crippen molar-refractivity contribution in [3.05, 3.63) is 35.9 Å². The van der Waals surface area contributed by atoms with Crippen LogP contribution in [0.1, 0.15) is 50.5 Å². The second kappa shape index (κ2) is 18.9. The van der Waals surface area contributed by atoms with Crippen molar-refractivity contribution in [1.82, 2.24) is 16.0 Å². The average molecular weight is 579 g/mol. The zero-order valence-electron chi connectivity index (χ0n) is 23.0. The van der Waals surface area contributed by atoms with Crippen molar-refractivity contribution in [3.63, 3.8) is 0 Å². The van der Waals surface area contributed by atoms with E-state index >= 15 is 0 Å². The summed E-state index contributed by atoms with van der Waals surface area (Å²) < 4.78 is 0. The molecule has 0 heterocycles. The van der Waals surface area contributed by atoms with Gasteiger partial charge in [0.05, 0.1) is 6.04 Å². The van der Waals surface area contributed by atoms with Gasteiger partial charge in [0.15, 0.2) is 5.96 Å². The van der Waals surface area contributed by atoms with Crippen LogP contribution < -0.4 is 38.9 Å². The molecule has 1 aromatic carbocycles. The number of nitrogens with two attached hydrogens (primary N) is 4. The lowest BCUT2D eigenvalue weighted by Gasteiger charge is -2.25. The monoisotopic (exact) mass is 578 g/mol. The summed E-state index contributed by atoms with van der Waals surface area (Å²) in [5.41, 5.74) is 22.7. The summed E-state index contributed by atoms with van der Waals surface area (Å²) in [4.78, 5) is 65.9. The predicted molar refractivity (Wildman–Crippen MR) is 151 cm³/mol. The van der Waals surface area contributed by atoms with Gasteiger partial charge in [0.25, 0.3) is 0 Å². The Morgan fingerprint density at radius 3 is 1.98 bits per heavy atom. The topological polar surface area (TPSA) is 278 Å². The Morgan fingerprint density at radius 1 is 0.780 bits per heavy atom. The SMILES string of the molecule is NCCCCC(N)C(=O)NC(Cc1ccccc1)C(=O)NC(CCC(=O)O)C(=O)NC(CCCN=C(N)N)C(=O)O. The number of hydrogen-bond acceptors (Lipinski definition) is 8. The van der Waals surface area contributed by atoms with Gasteiger partial charge in [0.1, 0.15) is 18.1 Å². The summed E-state index contributed by atoms with van der Waals surface area (Å²) >= 11 is 0. The van der Waals surface area contributed by atoms with Crippen molar-refractivity contribution in [2.45, 2.75) is 75.5 Å². The van der Waals surface area contributed by atoms with Crippen LogP contribution in [-0.4, -0.2) is 83.1 Å². The molecule has 13 N–H and O–H groups in total. The highest BCUT2D eigenvalue weighted by Crippen LogP contribution is 2.08. The molecule has 0 aliphatic rings. The number of carbonyl (C=O) groups excluding carboxylic acids is 3. The molecule has 0 fully saturated rings. The maximum atomic E-state index is 13.4. The largest absolute Gasteiger partial charge is 0.481 e. The van der Waals surface area contributed by atoms with Crippen LogP contribution in [0.3, 0.4) is 0 Å². The normalized spacial score (nSPS) is 13.6. The predicted octanol–water partition coefficient (Wildman–Crippen LogP) is -1.86. The number of carbonyl (C=O) groups is 5. The summed E-state index contributed by atoms with van der Waals surface area (Å²) in [6.45, 7) is 0.586. The van der Waals surface area contributed by atoms with E-state index in [1.54, 1.807) is 30.3 Å². The first kappa shape index (κ1) is 34.8. The molecule has 15 nitrogen and oxygen atoms in total. The first-order chi connectivity index (χ1) is 19.4. The first-order valence-corrected chi connectivity index (χ1v) is 13.3. The molecule has 228 valence electrons. The fourth-order valence-electron chi connectivity index (χ4n) is 3.82. The minimum Gasteiger partial charge on any atom is -0.481 e. The third kappa shape index (κ3) is 14.6. The average Bonchev–Trinajstić information content (AvgIpc) is 2.92. The van der Waals surface area contributed by atoms with Crippen molar-refractivity contribution >= 4 is 35.6 Å². The number of unbranched alkanes of at least 4 members (excludes halogenated alkanes) is 1. The summed E-state index contributed by atoms with van der Waals surface area (Å²) in [6, 6.07) is 4.02. The number of benzene rings is 1. The zero-order chi connectivity index (χ0) is 30.8. The van der Waals surface area contributed by atoms with E-state index in [4.69, 9.17) is 28.0 Å². The maximum absolute atomic E-state index is 13.4. The van der Waals surface area contributed by atoms with Crippen molar-refractivity contribution in [1.29, 1.82) is 0 Å². The Hall–Kier alpha value is -4.24. The third-order valence-corrected chi connectivity index (χ3v) is 6.06. The Labute approximate surface area is 238 Å². The number of aliphatic imine (C=N–C) groups is 1. The van der Waals surface area contributed by atoms with Crippen LogP contribution in [0, 0.1) is 0 Å². The lowest BCUT2D eigenvalue weighted by atomic mass is 10.0. The van der Waals surface area contributed by atoms with E-state index in [0.29, 0.717) is 31.4 Å². The number of nitrogens with one attached hydrogen (secondary N) is 3. The molecule has 0 saturated heterocycles. The van der Waals surface area contributed by atoms with Gasteiger partial charge in [-0.25, -0.2) is 4.79 Å². The highest BCUT2D eigenvalue weighted by Gasteiger charge is 2.30. The van der Waals surface area contributed by atoms with Crippen LogP contribution in [0.4, 0.5) is 0 Å². The standard InChI is InChI=1S/C26H42N8O7/c27-13-5-4-9-17(28)22(37)34-20(15-16-7-2-1-3-8-16)24(39)32-18(11-12-21(35)36)23(38)33-19(25(40)41)10-6-14-31-26(29)30/h1-3,7-8,17-20H,4-6,9-15,27-28H2,(H,32,39)(H,33,38)(H,34,37)(H,35,36)(H,40,41)(H4,29,30,31). The Balaban J connectivity index is 3.07. The molecule has 0 aliphatic heterocycles. The minimum atomic E-state index is -1.40. The molecule has 1 aromatic rings. The molecule has 41 heavy (non-hydrogen) atoms. The van der Waals surface area contributed by atoms with E-state index in [0.717, 1.165) is 0 Å². The van der Waals surface area contributed by atoms with Gasteiger partial charge in [-0.1, -0.05) is 36.8 Å². The molecular weight excluding hydrogens is 536 g/mol. The van der Waals surface area contributed by atoms with E-state index in [1.165, 1.54) is 0 Å². The Kier molecular flexibility index (Phi) is 16.1. The van der Waals surface area contributed by atoms with Gasteiger partial charge in [0.2, 0.25) is 17.7 Å². The van der Waals surface area contributed by atoms with E-state index in [-0.39, 0.29) is 38.2 Å². The molecule has 0 aliphatic carbocycles. The van der Waals surface area contributed by atoms with Crippen molar-refractivity contribution in [3.8, 4) is 0 Å². The fraction of sp³-hybridized carbons (Fsp3) is 0.538. The number of amides is 3. The van der Waals surface area contributed by atoms with Gasteiger partial charge >= 0.3 is 11.9 Å². The van der Waals surface area contributed by atoms with Crippen LogP contribution >= 0.6 is 0 Å². The van der Waals surface area contributed by atoms with Gasteiger partial charge in [-0.05, 0) is 44.2 Å². The molecular formula is C26H42N8O7. The second-order valence-electron chi connectivity index (χ2n) is 9.48. The van der Waals surface area contributed by atoms with Crippen molar-refractivity contribution < 1.29 is 34.2 Å².